The minimum absolute atomic E-state index is 0.351. The summed E-state index contributed by atoms with van der Waals surface area (Å²) >= 11 is 0. The number of hydrogen-bond acceptors (Lipinski definition) is 1. The van der Waals surface area contributed by atoms with Gasteiger partial charge in [-0.15, -0.1) is 0 Å². The molecule has 2 aliphatic heterocycles. The third-order valence-corrected chi connectivity index (χ3v) is 3.38. The predicted octanol–water partition coefficient (Wildman–Crippen LogP) is 3.12. The van der Waals surface area contributed by atoms with Crippen molar-refractivity contribution in [1.29, 1.82) is 0 Å². The average Bonchev–Trinajstić information content (AvgIpc) is 2.41. The summed E-state index contributed by atoms with van der Waals surface area (Å²) in [6.45, 7) is 6.83. The van der Waals surface area contributed by atoms with Crippen LogP contribution in [-0.4, -0.2) is 12.1 Å². The molecule has 0 aliphatic carbocycles. The molecule has 2 saturated heterocycles. The van der Waals surface area contributed by atoms with Crippen LogP contribution in [0.3, 0.4) is 0 Å². The molecule has 2 bridgehead atoms. The molecule has 2 rings (SSSR count). The highest BCUT2D eigenvalue weighted by atomic mass is 15.0. The topological polar surface area (TPSA) is 12.0 Å². The van der Waals surface area contributed by atoms with Gasteiger partial charge < -0.3 is 5.32 Å². The van der Waals surface area contributed by atoms with Gasteiger partial charge in [-0.05, 0) is 37.0 Å². The van der Waals surface area contributed by atoms with Crippen molar-refractivity contribution in [3.05, 3.63) is 12.2 Å². The molecular weight excluding hydrogens is 170 g/mol. The molecule has 0 aromatic rings. The Morgan fingerprint density at radius 2 is 1.64 bits per heavy atom. The maximum Gasteiger partial charge on any atom is 0.00758 e. The number of piperidine rings is 1. The van der Waals surface area contributed by atoms with Crippen molar-refractivity contribution in [3.8, 4) is 0 Å². The molecule has 14 heavy (non-hydrogen) atoms. The van der Waals surface area contributed by atoms with Gasteiger partial charge in [0.05, 0.1) is 0 Å². The Morgan fingerprint density at radius 1 is 1.07 bits per heavy atom. The van der Waals surface area contributed by atoms with E-state index in [4.69, 9.17) is 0 Å². The summed E-state index contributed by atoms with van der Waals surface area (Å²) in [6.07, 6.45) is 10.4. The zero-order chi connectivity index (χ0) is 10.2. The zero-order valence-electron chi connectivity index (χ0n) is 9.72. The Bertz CT molecular complexity index is 212. The van der Waals surface area contributed by atoms with Crippen LogP contribution in [0.4, 0.5) is 0 Å². The summed E-state index contributed by atoms with van der Waals surface area (Å²) in [7, 11) is 0. The minimum Gasteiger partial charge on any atom is -0.311 e. The van der Waals surface area contributed by atoms with Gasteiger partial charge in [0.1, 0.15) is 0 Å². The van der Waals surface area contributed by atoms with E-state index in [0.29, 0.717) is 5.41 Å². The van der Waals surface area contributed by atoms with E-state index in [9.17, 15) is 0 Å². The van der Waals surface area contributed by atoms with Gasteiger partial charge in [0.25, 0.3) is 0 Å². The van der Waals surface area contributed by atoms with E-state index < -0.39 is 0 Å². The quantitative estimate of drug-likeness (QED) is 0.631. The number of fused-ring (bicyclic) bond motifs is 2. The second-order valence-electron chi connectivity index (χ2n) is 6.09. The monoisotopic (exact) mass is 193 g/mol. The smallest absolute Gasteiger partial charge is 0.00758 e. The van der Waals surface area contributed by atoms with Crippen molar-refractivity contribution in [3.63, 3.8) is 0 Å². The van der Waals surface area contributed by atoms with Gasteiger partial charge in [0.15, 0.2) is 0 Å². The van der Waals surface area contributed by atoms with E-state index in [0.717, 1.165) is 18.0 Å². The third kappa shape index (κ3) is 2.60. The molecule has 0 amide bonds. The van der Waals surface area contributed by atoms with Crippen molar-refractivity contribution in [2.45, 2.75) is 58.5 Å². The van der Waals surface area contributed by atoms with E-state index in [1.165, 1.54) is 25.7 Å². The first-order valence-corrected chi connectivity index (χ1v) is 5.98. The molecule has 1 N–H and O–H groups in total. The summed E-state index contributed by atoms with van der Waals surface area (Å²) in [6, 6.07) is 1.65. The highest BCUT2D eigenvalue weighted by Crippen LogP contribution is 2.32. The largest absolute Gasteiger partial charge is 0.311 e. The maximum atomic E-state index is 3.68. The average molecular weight is 193 g/mol. The Hall–Kier alpha value is -0.300. The Morgan fingerprint density at radius 3 is 2.14 bits per heavy atom. The van der Waals surface area contributed by atoms with Crippen molar-refractivity contribution in [1.82, 2.24) is 5.32 Å². The molecule has 0 spiro atoms. The number of nitrogens with one attached hydrogen (secondary N) is 1. The first kappa shape index (κ1) is 10.2. The van der Waals surface area contributed by atoms with Crippen molar-refractivity contribution in [2.75, 3.05) is 0 Å². The van der Waals surface area contributed by atoms with Crippen molar-refractivity contribution < 1.29 is 0 Å². The van der Waals surface area contributed by atoms with E-state index in [2.05, 4.69) is 38.2 Å². The lowest BCUT2D eigenvalue weighted by Gasteiger charge is -2.27. The van der Waals surface area contributed by atoms with Crippen LogP contribution in [0.2, 0.25) is 0 Å². The number of hydrogen-bond donors (Lipinski definition) is 1. The standard InChI is InChI=1S/C13H23N/c1-13(2,3)7-6-10-8-11-4-5-12(9-10)14-11/h6-7,10-12,14H,4-5,8-9H2,1-3H3/b7-6+. The fourth-order valence-electron chi connectivity index (χ4n) is 2.68. The molecule has 2 atom stereocenters. The van der Waals surface area contributed by atoms with Crippen LogP contribution >= 0.6 is 0 Å². The van der Waals surface area contributed by atoms with Crippen LogP contribution in [0.15, 0.2) is 12.2 Å². The molecule has 1 heteroatoms. The normalized spacial score (nSPS) is 38.1. The molecule has 2 aliphatic rings. The molecule has 0 aromatic carbocycles. The Labute approximate surface area is 88.0 Å². The highest BCUT2D eigenvalue weighted by Gasteiger charge is 2.32. The zero-order valence-corrected chi connectivity index (χ0v) is 9.72. The minimum atomic E-state index is 0.351. The first-order chi connectivity index (χ1) is 6.53. The summed E-state index contributed by atoms with van der Waals surface area (Å²) in [5.74, 6) is 0.841. The van der Waals surface area contributed by atoms with Gasteiger partial charge in [-0.1, -0.05) is 32.9 Å². The fraction of sp³-hybridized carbons (Fsp3) is 0.846. The van der Waals surface area contributed by atoms with E-state index in [1.54, 1.807) is 0 Å². The molecular formula is C13H23N. The van der Waals surface area contributed by atoms with Crippen LogP contribution in [0, 0.1) is 11.3 Å². The lowest BCUT2D eigenvalue weighted by molar-refractivity contribution is 0.342. The molecule has 0 aromatic heterocycles. The van der Waals surface area contributed by atoms with Crippen LogP contribution < -0.4 is 5.32 Å². The van der Waals surface area contributed by atoms with Crippen LogP contribution in [0.25, 0.3) is 0 Å². The van der Waals surface area contributed by atoms with Gasteiger partial charge in [-0.3, -0.25) is 0 Å². The van der Waals surface area contributed by atoms with E-state index in [-0.39, 0.29) is 0 Å². The summed E-state index contributed by atoms with van der Waals surface area (Å²) < 4.78 is 0. The summed E-state index contributed by atoms with van der Waals surface area (Å²) in [5.41, 5.74) is 0.351. The Kier molecular flexibility index (Phi) is 2.70. The Balaban J connectivity index is 1.91. The first-order valence-electron chi connectivity index (χ1n) is 5.98. The fourth-order valence-corrected chi connectivity index (χ4v) is 2.68. The van der Waals surface area contributed by atoms with E-state index in [1.807, 2.05) is 0 Å². The summed E-state index contributed by atoms with van der Waals surface area (Å²) in [4.78, 5) is 0. The molecule has 0 radical (unpaired) electrons. The lowest BCUT2D eigenvalue weighted by atomic mass is 9.88. The predicted molar refractivity (Wildman–Crippen MR) is 61.3 cm³/mol. The van der Waals surface area contributed by atoms with Gasteiger partial charge in [-0.2, -0.15) is 0 Å². The van der Waals surface area contributed by atoms with Crippen molar-refractivity contribution in [2.24, 2.45) is 11.3 Å². The molecule has 80 valence electrons. The molecule has 2 unspecified atom stereocenters. The molecule has 1 nitrogen and oxygen atoms in total. The second-order valence-corrected chi connectivity index (χ2v) is 6.09. The van der Waals surface area contributed by atoms with Gasteiger partial charge in [0.2, 0.25) is 0 Å². The lowest BCUT2D eigenvalue weighted by Crippen LogP contribution is -2.37. The second kappa shape index (κ2) is 3.69. The highest BCUT2D eigenvalue weighted by molar-refractivity contribution is 5.02. The van der Waals surface area contributed by atoms with Crippen LogP contribution in [0.5, 0.6) is 0 Å². The van der Waals surface area contributed by atoms with Crippen molar-refractivity contribution >= 4 is 0 Å². The van der Waals surface area contributed by atoms with Gasteiger partial charge in [0, 0.05) is 12.1 Å². The number of allylic oxidation sites excluding steroid dienone is 2. The van der Waals surface area contributed by atoms with Crippen LogP contribution in [-0.2, 0) is 0 Å². The van der Waals surface area contributed by atoms with Gasteiger partial charge in [-0.25, -0.2) is 0 Å². The SMILES string of the molecule is CC(C)(C)/C=C/C1CC2CCC(C1)N2. The van der Waals surface area contributed by atoms with Gasteiger partial charge >= 0.3 is 0 Å². The summed E-state index contributed by atoms with van der Waals surface area (Å²) in [5, 5.41) is 3.68. The molecule has 0 saturated carbocycles. The van der Waals surface area contributed by atoms with Crippen LogP contribution in [0.1, 0.15) is 46.5 Å². The number of rotatable bonds is 1. The maximum absolute atomic E-state index is 3.68. The van der Waals surface area contributed by atoms with E-state index >= 15 is 0 Å². The molecule has 2 fully saturated rings. The molecule has 2 heterocycles. The third-order valence-electron chi connectivity index (χ3n) is 3.38.